The van der Waals surface area contributed by atoms with Crippen molar-refractivity contribution in [1.82, 2.24) is 4.98 Å². The lowest BCUT2D eigenvalue weighted by molar-refractivity contribution is 0.628. The molecule has 70 valence electrons. The fourth-order valence-electron chi connectivity index (χ4n) is 1.25. The van der Waals surface area contributed by atoms with Crippen LogP contribution in [0.2, 0.25) is 0 Å². The average molecular weight is 188 g/mol. The molecule has 0 spiro atoms. The van der Waals surface area contributed by atoms with Crippen LogP contribution in [0.25, 0.3) is 11.3 Å². The number of anilines is 1. The van der Waals surface area contributed by atoms with E-state index in [1.807, 2.05) is 0 Å². The molecule has 2 aromatic rings. The molecule has 1 aromatic carbocycles. The van der Waals surface area contributed by atoms with Crippen molar-refractivity contribution in [2.45, 2.75) is 0 Å². The zero-order valence-corrected chi connectivity index (χ0v) is 7.44. The Kier molecular flexibility index (Phi) is 2.14. The molecule has 0 saturated heterocycles. The summed E-state index contributed by atoms with van der Waals surface area (Å²) in [7, 11) is 0. The molecule has 2 N–H and O–H groups in total. The van der Waals surface area contributed by atoms with Gasteiger partial charge in [0.25, 0.3) is 0 Å². The molecule has 1 aromatic heterocycles. The first-order valence-electron chi connectivity index (χ1n) is 4.23. The second-order valence-electron chi connectivity index (χ2n) is 2.98. The molecule has 0 bridgehead atoms. The molecule has 14 heavy (non-hydrogen) atoms. The first kappa shape index (κ1) is 8.69. The second kappa shape index (κ2) is 3.46. The number of halogens is 1. The van der Waals surface area contributed by atoms with Crippen molar-refractivity contribution >= 4 is 5.69 Å². The Labute approximate surface area is 81.2 Å². The normalized spacial score (nSPS) is 10.1. The number of nitrogen functional groups attached to an aromatic ring is 1. The zero-order valence-electron chi connectivity index (χ0n) is 7.44. The van der Waals surface area contributed by atoms with Crippen molar-refractivity contribution in [2.75, 3.05) is 5.73 Å². The standard InChI is InChI=1S/C11H9FN2/c12-9-3-1-2-8(6-9)11-7-10(13)4-5-14-11/h1-7H,(H2,13,14). The Hall–Kier alpha value is -1.90. The fourth-order valence-corrected chi connectivity index (χ4v) is 1.25. The molecule has 0 unspecified atom stereocenters. The second-order valence-corrected chi connectivity index (χ2v) is 2.98. The van der Waals surface area contributed by atoms with Gasteiger partial charge in [-0.05, 0) is 24.3 Å². The van der Waals surface area contributed by atoms with Crippen LogP contribution in [0.15, 0.2) is 42.6 Å². The summed E-state index contributed by atoms with van der Waals surface area (Å²) in [5.41, 5.74) is 7.64. The van der Waals surface area contributed by atoms with Crippen LogP contribution in [0.1, 0.15) is 0 Å². The lowest BCUT2D eigenvalue weighted by Crippen LogP contribution is -1.88. The van der Waals surface area contributed by atoms with Gasteiger partial charge in [0.1, 0.15) is 5.82 Å². The smallest absolute Gasteiger partial charge is 0.123 e. The molecule has 0 fully saturated rings. The minimum absolute atomic E-state index is 0.272. The molecular weight excluding hydrogens is 179 g/mol. The van der Waals surface area contributed by atoms with Crippen LogP contribution < -0.4 is 5.73 Å². The highest BCUT2D eigenvalue weighted by molar-refractivity contribution is 5.62. The van der Waals surface area contributed by atoms with Crippen LogP contribution in [0.5, 0.6) is 0 Å². The molecule has 1 heterocycles. The largest absolute Gasteiger partial charge is 0.399 e. The van der Waals surface area contributed by atoms with Crippen molar-refractivity contribution in [3.63, 3.8) is 0 Å². The van der Waals surface area contributed by atoms with E-state index in [0.717, 1.165) is 5.56 Å². The summed E-state index contributed by atoms with van der Waals surface area (Å²) in [5, 5.41) is 0. The van der Waals surface area contributed by atoms with E-state index < -0.39 is 0 Å². The molecule has 0 amide bonds. The van der Waals surface area contributed by atoms with Gasteiger partial charge in [0.05, 0.1) is 5.69 Å². The molecule has 2 rings (SSSR count). The van der Waals surface area contributed by atoms with E-state index in [0.29, 0.717) is 11.4 Å². The Morgan fingerprint density at radius 2 is 2.00 bits per heavy atom. The summed E-state index contributed by atoms with van der Waals surface area (Å²) in [5.74, 6) is -0.272. The number of rotatable bonds is 1. The van der Waals surface area contributed by atoms with Crippen LogP contribution in [-0.4, -0.2) is 4.98 Å². The molecule has 2 nitrogen and oxygen atoms in total. The maximum Gasteiger partial charge on any atom is 0.123 e. The van der Waals surface area contributed by atoms with Gasteiger partial charge < -0.3 is 5.73 Å². The maximum atomic E-state index is 12.9. The van der Waals surface area contributed by atoms with Crippen LogP contribution in [-0.2, 0) is 0 Å². The molecular formula is C11H9FN2. The highest BCUT2D eigenvalue weighted by Gasteiger charge is 2.00. The number of hydrogen-bond acceptors (Lipinski definition) is 2. The summed E-state index contributed by atoms with van der Waals surface area (Å²) < 4.78 is 12.9. The number of nitrogens with zero attached hydrogens (tertiary/aromatic N) is 1. The summed E-state index contributed by atoms with van der Waals surface area (Å²) in [6.07, 6.45) is 1.61. The van der Waals surface area contributed by atoms with Gasteiger partial charge in [-0.1, -0.05) is 12.1 Å². The number of pyridine rings is 1. The van der Waals surface area contributed by atoms with Crippen molar-refractivity contribution in [3.8, 4) is 11.3 Å². The van der Waals surface area contributed by atoms with Gasteiger partial charge in [-0.15, -0.1) is 0 Å². The first-order chi connectivity index (χ1) is 6.75. The van der Waals surface area contributed by atoms with E-state index >= 15 is 0 Å². The molecule has 0 aliphatic rings. The topological polar surface area (TPSA) is 38.9 Å². The van der Waals surface area contributed by atoms with E-state index in [2.05, 4.69) is 4.98 Å². The highest BCUT2D eigenvalue weighted by atomic mass is 19.1. The number of benzene rings is 1. The van der Waals surface area contributed by atoms with Gasteiger partial charge in [-0.25, -0.2) is 4.39 Å². The van der Waals surface area contributed by atoms with E-state index in [1.165, 1.54) is 12.1 Å². The van der Waals surface area contributed by atoms with E-state index in [4.69, 9.17) is 5.73 Å². The van der Waals surface area contributed by atoms with Crippen LogP contribution in [0.3, 0.4) is 0 Å². The molecule has 0 saturated carbocycles. The predicted molar refractivity (Wildman–Crippen MR) is 54.0 cm³/mol. The van der Waals surface area contributed by atoms with E-state index in [-0.39, 0.29) is 5.82 Å². The quantitative estimate of drug-likeness (QED) is 0.746. The molecule has 0 aliphatic carbocycles. The van der Waals surface area contributed by atoms with Crippen LogP contribution >= 0.6 is 0 Å². The van der Waals surface area contributed by atoms with Gasteiger partial charge >= 0.3 is 0 Å². The minimum atomic E-state index is -0.272. The maximum absolute atomic E-state index is 12.9. The van der Waals surface area contributed by atoms with E-state index in [9.17, 15) is 4.39 Å². The first-order valence-corrected chi connectivity index (χ1v) is 4.23. The lowest BCUT2D eigenvalue weighted by Gasteiger charge is -2.01. The van der Waals surface area contributed by atoms with Crippen molar-refractivity contribution in [3.05, 3.63) is 48.4 Å². The van der Waals surface area contributed by atoms with Gasteiger partial charge in [-0.2, -0.15) is 0 Å². The Morgan fingerprint density at radius 1 is 1.14 bits per heavy atom. The number of hydrogen-bond donors (Lipinski definition) is 1. The molecule has 3 heteroatoms. The molecule has 0 aliphatic heterocycles. The fraction of sp³-hybridized carbons (Fsp3) is 0. The monoisotopic (exact) mass is 188 g/mol. The Balaban J connectivity index is 2.49. The average Bonchev–Trinajstić information content (AvgIpc) is 2.18. The Morgan fingerprint density at radius 3 is 2.71 bits per heavy atom. The minimum Gasteiger partial charge on any atom is -0.399 e. The van der Waals surface area contributed by atoms with Crippen LogP contribution in [0, 0.1) is 5.82 Å². The number of aromatic nitrogens is 1. The van der Waals surface area contributed by atoms with Crippen molar-refractivity contribution in [1.29, 1.82) is 0 Å². The predicted octanol–water partition coefficient (Wildman–Crippen LogP) is 2.47. The van der Waals surface area contributed by atoms with Crippen LogP contribution in [0.4, 0.5) is 10.1 Å². The molecule has 0 radical (unpaired) electrons. The van der Waals surface area contributed by atoms with E-state index in [1.54, 1.807) is 30.5 Å². The van der Waals surface area contributed by atoms with Gasteiger partial charge in [0, 0.05) is 17.4 Å². The van der Waals surface area contributed by atoms with Crippen molar-refractivity contribution < 1.29 is 4.39 Å². The highest BCUT2D eigenvalue weighted by Crippen LogP contribution is 2.19. The zero-order chi connectivity index (χ0) is 9.97. The summed E-state index contributed by atoms with van der Waals surface area (Å²) >= 11 is 0. The van der Waals surface area contributed by atoms with Crippen molar-refractivity contribution in [2.24, 2.45) is 0 Å². The van der Waals surface area contributed by atoms with Gasteiger partial charge in [0.2, 0.25) is 0 Å². The summed E-state index contributed by atoms with van der Waals surface area (Å²) in [6.45, 7) is 0. The number of nitrogens with two attached hydrogens (primary N) is 1. The summed E-state index contributed by atoms with van der Waals surface area (Å²) in [6, 6.07) is 9.69. The lowest BCUT2D eigenvalue weighted by atomic mass is 10.1. The SMILES string of the molecule is Nc1ccnc(-c2cccc(F)c2)c1. The third kappa shape index (κ3) is 1.71. The summed E-state index contributed by atoms with van der Waals surface area (Å²) in [4.78, 5) is 4.10. The van der Waals surface area contributed by atoms with Gasteiger partial charge in [-0.3, -0.25) is 4.98 Å². The third-order valence-corrected chi connectivity index (χ3v) is 1.90. The third-order valence-electron chi connectivity index (χ3n) is 1.90. The Bertz CT molecular complexity index is 411. The van der Waals surface area contributed by atoms with Gasteiger partial charge in [0.15, 0.2) is 0 Å². The molecule has 0 atom stereocenters.